The van der Waals surface area contributed by atoms with Gasteiger partial charge in [-0.25, -0.2) is 0 Å². The van der Waals surface area contributed by atoms with Gasteiger partial charge in [0.2, 0.25) is 17.7 Å². The first-order valence-corrected chi connectivity index (χ1v) is 6.16. The van der Waals surface area contributed by atoms with E-state index < -0.39 is 35.7 Å². The van der Waals surface area contributed by atoms with Crippen LogP contribution in [0.15, 0.2) is 0 Å². The van der Waals surface area contributed by atoms with Crippen LogP contribution in [0, 0.1) is 5.92 Å². The zero-order valence-corrected chi connectivity index (χ0v) is 11.3. The highest BCUT2D eigenvalue weighted by molar-refractivity contribution is 6.09. The number of carbonyl (C=O) groups is 4. The molecular formula is C12H19N3O4. The molecule has 106 valence electrons. The molecule has 0 spiro atoms. The standard InChI is InChI=1S/C12H19N3O4/c1-6(2)4-9(11(13)18)15-10(17)5-8(12(15)19)14-7(3)16/h6,8-9H,4-5H2,1-3H3,(H2,13,18)(H,14,16)/t8-,9+/m0/s1. The topological polar surface area (TPSA) is 110 Å². The van der Waals surface area contributed by atoms with Gasteiger partial charge >= 0.3 is 0 Å². The predicted octanol–water partition coefficient (Wildman–Crippen LogP) is -0.850. The van der Waals surface area contributed by atoms with Crippen molar-refractivity contribution in [3.63, 3.8) is 0 Å². The molecule has 1 aliphatic heterocycles. The molecule has 0 aromatic heterocycles. The van der Waals surface area contributed by atoms with E-state index in [9.17, 15) is 19.2 Å². The van der Waals surface area contributed by atoms with Crippen LogP contribution >= 0.6 is 0 Å². The summed E-state index contributed by atoms with van der Waals surface area (Å²) in [6, 6.07) is -1.84. The highest BCUT2D eigenvalue weighted by atomic mass is 16.2. The van der Waals surface area contributed by atoms with Crippen LogP contribution in [0.4, 0.5) is 0 Å². The fraction of sp³-hybridized carbons (Fsp3) is 0.667. The van der Waals surface area contributed by atoms with Gasteiger partial charge in [-0.3, -0.25) is 24.1 Å². The van der Waals surface area contributed by atoms with E-state index in [1.54, 1.807) is 0 Å². The molecule has 2 atom stereocenters. The maximum atomic E-state index is 12.1. The summed E-state index contributed by atoms with van der Waals surface area (Å²) in [5.74, 6) is -2.04. The summed E-state index contributed by atoms with van der Waals surface area (Å²) in [5.41, 5.74) is 5.26. The molecule has 1 fully saturated rings. The van der Waals surface area contributed by atoms with Crippen molar-refractivity contribution >= 4 is 23.6 Å². The number of nitrogens with one attached hydrogen (secondary N) is 1. The third-order valence-corrected chi connectivity index (χ3v) is 2.90. The number of hydrogen-bond acceptors (Lipinski definition) is 4. The first kappa shape index (κ1) is 15.1. The van der Waals surface area contributed by atoms with E-state index in [0.29, 0.717) is 6.42 Å². The maximum Gasteiger partial charge on any atom is 0.253 e. The Balaban J connectivity index is 2.91. The van der Waals surface area contributed by atoms with Crippen molar-refractivity contribution in [1.82, 2.24) is 10.2 Å². The van der Waals surface area contributed by atoms with E-state index in [4.69, 9.17) is 5.73 Å². The summed E-state index contributed by atoms with van der Waals surface area (Å²) in [5, 5.41) is 2.40. The predicted molar refractivity (Wildman–Crippen MR) is 66.5 cm³/mol. The molecule has 0 bridgehead atoms. The largest absolute Gasteiger partial charge is 0.368 e. The number of hydrogen-bond donors (Lipinski definition) is 2. The first-order valence-electron chi connectivity index (χ1n) is 6.16. The number of imide groups is 1. The molecule has 7 nitrogen and oxygen atoms in total. The molecular weight excluding hydrogens is 250 g/mol. The smallest absolute Gasteiger partial charge is 0.253 e. The minimum atomic E-state index is -0.946. The van der Waals surface area contributed by atoms with Gasteiger partial charge in [-0.15, -0.1) is 0 Å². The highest BCUT2D eigenvalue weighted by Crippen LogP contribution is 2.20. The van der Waals surface area contributed by atoms with Gasteiger partial charge in [0.15, 0.2) is 0 Å². The van der Waals surface area contributed by atoms with Gasteiger partial charge < -0.3 is 11.1 Å². The second kappa shape index (κ2) is 5.81. The SMILES string of the molecule is CC(=O)N[C@H]1CC(=O)N([C@H](CC(C)C)C(N)=O)C1=O. The Morgan fingerprint density at radius 3 is 2.42 bits per heavy atom. The van der Waals surface area contributed by atoms with Crippen molar-refractivity contribution in [2.45, 2.75) is 45.7 Å². The Labute approximate surface area is 111 Å². The molecule has 1 heterocycles. The lowest BCUT2D eigenvalue weighted by Crippen LogP contribution is -2.50. The minimum Gasteiger partial charge on any atom is -0.368 e. The van der Waals surface area contributed by atoms with Crippen molar-refractivity contribution in [2.75, 3.05) is 0 Å². The minimum absolute atomic E-state index is 0.109. The number of likely N-dealkylation sites (tertiary alicyclic amines) is 1. The molecule has 19 heavy (non-hydrogen) atoms. The van der Waals surface area contributed by atoms with Gasteiger partial charge in [0, 0.05) is 6.92 Å². The molecule has 3 N–H and O–H groups in total. The number of carbonyl (C=O) groups excluding carboxylic acids is 4. The third-order valence-electron chi connectivity index (χ3n) is 2.90. The van der Waals surface area contributed by atoms with Crippen LogP contribution in [-0.2, 0) is 19.2 Å². The van der Waals surface area contributed by atoms with Gasteiger partial charge in [-0.1, -0.05) is 13.8 Å². The van der Waals surface area contributed by atoms with Gasteiger partial charge in [-0.05, 0) is 12.3 Å². The van der Waals surface area contributed by atoms with E-state index >= 15 is 0 Å². The summed E-state index contributed by atoms with van der Waals surface area (Å²) < 4.78 is 0. The molecule has 1 aliphatic rings. The molecule has 1 saturated heterocycles. The van der Waals surface area contributed by atoms with E-state index in [0.717, 1.165) is 4.90 Å². The normalized spacial score (nSPS) is 20.8. The van der Waals surface area contributed by atoms with Gasteiger partial charge in [0.25, 0.3) is 5.91 Å². The Kier molecular flexibility index (Phi) is 4.63. The maximum absolute atomic E-state index is 12.1. The zero-order chi connectivity index (χ0) is 14.7. The Hall–Kier alpha value is -1.92. The molecule has 0 aromatic rings. The van der Waals surface area contributed by atoms with Crippen LogP contribution in [-0.4, -0.2) is 40.6 Å². The van der Waals surface area contributed by atoms with E-state index in [1.165, 1.54) is 6.92 Å². The van der Waals surface area contributed by atoms with Gasteiger partial charge in [0.1, 0.15) is 12.1 Å². The Morgan fingerprint density at radius 2 is 2.00 bits per heavy atom. The first-order chi connectivity index (χ1) is 8.73. The second-order valence-electron chi connectivity index (χ2n) is 5.11. The summed E-state index contributed by atoms with van der Waals surface area (Å²) in [6.07, 6.45) is 0.194. The quantitative estimate of drug-likeness (QED) is 0.633. The van der Waals surface area contributed by atoms with Crippen molar-refractivity contribution < 1.29 is 19.2 Å². The fourth-order valence-corrected chi connectivity index (χ4v) is 2.13. The summed E-state index contributed by atoms with van der Waals surface area (Å²) in [6.45, 7) is 5.00. The van der Waals surface area contributed by atoms with Crippen LogP contribution < -0.4 is 11.1 Å². The number of amides is 4. The number of nitrogens with two attached hydrogens (primary N) is 1. The molecule has 4 amide bonds. The second-order valence-corrected chi connectivity index (χ2v) is 5.11. The molecule has 0 aromatic carbocycles. The Bertz CT molecular complexity index is 419. The molecule has 7 heteroatoms. The van der Waals surface area contributed by atoms with E-state index in [2.05, 4.69) is 5.32 Å². The van der Waals surface area contributed by atoms with Crippen molar-refractivity contribution in [3.8, 4) is 0 Å². The third kappa shape index (κ3) is 3.52. The summed E-state index contributed by atoms with van der Waals surface area (Å²) in [4.78, 5) is 47.2. The van der Waals surface area contributed by atoms with Crippen LogP contribution in [0.5, 0.6) is 0 Å². The molecule has 1 rings (SSSR count). The molecule has 0 aliphatic carbocycles. The summed E-state index contributed by atoms with van der Waals surface area (Å²) >= 11 is 0. The lowest BCUT2D eigenvalue weighted by molar-refractivity contribution is -0.147. The number of primary amides is 1. The van der Waals surface area contributed by atoms with Crippen molar-refractivity contribution in [3.05, 3.63) is 0 Å². The zero-order valence-electron chi connectivity index (χ0n) is 11.3. The van der Waals surface area contributed by atoms with Crippen molar-refractivity contribution in [1.29, 1.82) is 0 Å². The monoisotopic (exact) mass is 269 g/mol. The van der Waals surface area contributed by atoms with Crippen LogP contribution in [0.25, 0.3) is 0 Å². The van der Waals surface area contributed by atoms with Crippen LogP contribution in [0.1, 0.15) is 33.6 Å². The lowest BCUT2D eigenvalue weighted by atomic mass is 10.0. The van der Waals surface area contributed by atoms with Crippen molar-refractivity contribution in [2.24, 2.45) is 11.7 Å². The fourth-order valence-electron chi connectivity index (χ4n) is 2.13. The van der Waals surface area contributed by atoms with Crippen LogP contribution in [0.2, 0.25) is 0 Å². The molecule has 0 unspecified atom stereocenters. The highest BCUT2D eigenvalue weighted by Gasteiger charge is 2.44. The van der Waals surface area contributed by atoms with Gasteiger partial charge in [-0.2, -0.15) is 0 Å². The van der Waals surface area contributed by atoms with E-state index in [-0.39, 0.29) is 12.3 Å². The van der Waals surface area contributed by atoms with E-state index in [1.807, 2.05) is 13.8 Å². The average Bonchev–Trinajstić information content (AvgIpc) is 2.50. The van der Waals surface area contributed by atoms with Gasteiger partial charge in [0.05, 0.1) is 6.42 Å². The Morgan fingerprint density at radius 1 is 1.42 bits per heavy atom. The van der Waals surface area contributed by atoms with Crippen LogP contribution in [0.3, 0.4) is 0 Å². The average molecular weight is 269 g/mol. The number of rotatable bonds is 5. The molecule has 0 saturated carbocycles. The lowest BCUT2D eigenvalue weighted by Gasteiger charge is -2.25. The summed E-state index contributed by atoms with van der Waals surface area (Å²) in [7, 11) is 0. The molecule has 0 radical (unpaired) electrons. The number of nitrogens with zero attached hydrogens (tertiary/aromatic N) is 1.